The Kier molecular flexibility index (Phi) is 6.63. The maximum Gasteiger partial charge on any atom is 0.287 e. The minimum absolute atomic E-state index is 0.225. The van der Waals surface area contributed by atoms with Gasteiger partial charge in [0.15, 0.2) is 5.76 Å². The summed E-state index contributed by atoms with van der Waals surface area (Å²) in [4.78, 5) is 13.0. The zero-order valence-electron chi connectivity index (χ0n) is 14.9. The number of carbonyl (C=O) groups is 1. The maximum absolute atomic E-state index is 12.4. The Balaban J connectivity index is 1.56. The Hall–Kier alpha value is -2.18. The van der Waals surface area contributed by atoms with Crippen molar-refractivity contribution >= 4 is 32.6 Å². The number of aryl methyl sites for hydroxylation is 1. The Bertz CT molecular complexity index is 933. The first-order valence-electron chi connectivity index (χ1n) is 8.64. The van der Waals surface area contributed by atoms with Crippen LogP contribution in [0.1, 0.15) is 34.4 Å². The molecule has 1 heterocycles. The Morgan fingerprint density at radius 3 is 2.33 bits per heavy atom. The van der Waals surface area contributed by atoms with Crippen LogP contribution < -0.4 is 5.32 Å². The summed E-state index contributed by atoms with van der Waals surface area (Å²) >= 11 is 3.36. The van der Waals surface area contributed by atoms with E-state index in [9.17, 15) is 9.00 Å². The highest BCUT2D eigenvalue weighted by molar-refractivity contribution is 9.10. The van der Waals surface area contributed by atoms with Gasteiger partial charge < -0.3 is 9.73 Å². The van der Waals surface area contributed by atoms with Crippen molar-refractivity contribution in [2.24, 2.45) is 0 Å². The predicted molar refractivity (Wildman–Crippen MR) is 110 cm³/mol. The lowest BCUT2D eigenvalue weighted by atomic mass is 10.1. The fourth-order valence-corrected chi connectivity index (χ4v) is 3.82. The summed E-state index contributed by atoms with van der Waals surface area (Å²) in [6.07, 6.45) is 0.990. The van der Waals surface area contributed by atoms with Gasteiger partial charge in [0.1, 0.15) is 5.76 Å². The van der Waals surface area contributed by atoms with Crippen LogP contribution in [0.2, 0.25) is 0 Å². The summed E-state index contributed by atoms with van der Waals surface area (Å²) in [7, 11) is -1.23. The predicted octanol–water partition coefficient (Wildman–Crippen LogP) is 4.84. The van der Waals surface area contributed by atoms with Crippen LogP contribution in [0.25, 0.3) is 0 Å². The van der Waals surface area contributed by atoms with Gasteiger partial charge in [-0.05, 0) is 53.9 Å². The largest absolute Gasteiger partial charge is 0.455 e. The average molecular weight is 446 g/mol. The van der Waals surface area contributed by atoms with Gasteiger partial charge in [-0.15, -0.1) is 0 Å². The molecule has 3 rings (SSSR count). The smallest absolute Gasteiger partial charge is 0.287 e. The third kappa shape index (κ3) is 5.40. The molecule has 6 heteroatoms. The van der Waals surface area contributed by atoms with E-state index in [0.717, 1.165) is 21.4 Å². The van der Waals surface area contributed by atoms with E-state index in [0.29, 0.717) is 12.3 Å². The first-order chi connectivity index (χ1) is 13.0. The van der Waals surface area contributed by atoms with Gasteiger partial charge in [-0.2, -0.15) is 0 Å². The summed E-state index contributed by atoms with van der Waals surface area (Å²) in [6, 6.07) is 18.8. The van der Waals surface area contributed by atoms with Gasteiger partial charge in [0.25, 0.3) is 5.91 Å². The van der Waals surface area contributed by atoms with Gasteiger partial charge in [0, 0.05) is 15.9 Å². The van der Waals surface area contributed by atoms with Crippen molar-refractivity contribution < 1.29 is 13.4 Å². The molecular formula is C21H20BrNO3S. The average Bonchev–Trinajstić information content (AvgIpc) is 3.15. The van der Waals surface area contributed by atoms with E-state index in [1.54, 1.807) is 24.3 Å². The Morgan fingerprint density at radius 2 is 1.67 bits per heavy atom. The maximum atomic E-state index is 12.4. The van der Waals surface area contributed by atoms with Crippen molar-refractivity contribution in [2.75, 3.05) is 0 Å². The normalized spacial score (nSPS) is 11.9. The monoisotopic (exact) mass is 445 g/mol. The van der Waals surface area contributed by atoms with Gasteiger partial charge in [0.2, 0.25) is 0 Å². The molecule has 0 bridgehead atoms. The third-order valence-electron chi connectivity index (χ3n) is 4.12. The molecule has 0 spiro atoms. The van der Waals surface area contributed by atoms with Gasteiger partial charge in [-0.1, -0.05) is 47.1 Å². The number of halogens is 1. The van der Waals surface area contributed by atoms with Crippen LogP contribution in [-0.2, 0) is 29.5 Å². The number of amides is 1. The minimum atomic E-state index is -1.23. The molecule has 0 unspecified atom stereocenters. The molecule has 0 aliphatic heterocycles. The molecule has 3 aromatic rings. The van der Waals surface area contributed by atoms with Crippen molar-refractivity contribution in [2.45, 2.75) is 30.5 Å². The molecule has 0 saturated heterocycles. The van der Waals surface area contributed by atoms with Crippen LogP contribution in [0.5, 0.6) is 0 Å². The Labute approximate surface area is 169 Å². The number of carbonyl (C=O) groups excluding carboxylic acids is 1. The summed E-state index contributed by atoms with van der Waals surface area (Å²) in [5.41, 5.74) is 2.29. The molecule has 0 saturated carbocycles. The van der Waals surface area contributed by atoms with E-state index in [4.69, 9.17) is 4.42 Å². The minimum Gasteiger partial charge on any atom is -0.455 e. The molecule has 1 N–H and O–H groups in total. The summed E-state index contributed by atoms with van der Waals surface area (Å²) in [5, 5.41) is 2.84. The molecule has 1 aromatic heterocycles. The fourth-order valence-electron chi connectivity index (χ4n) is 2.54. The first kappa shape index (κ1) is 19.6. The highest BCUT2D eigenvalue weighted by atomic mass is 79.9. The third-order valence-corrected chi connectivity index (χ3v) is 5.99. The fraction of sp³-hybridized carbons (Fsp3) is 0.190. The number of hydrogen-bond donors (Lipinski definition) is 1. The SMILES string of the molecule is CCc1ccc(CNC(=O)c2ccc(C[S@](=O)c3ccc(Br)cc3)o2)cc1. The highest BCUT2D eigenvalue weighted by Gasteiger charge is 2.13. The summed E-state index contributed by atoms with van der Waals surface area (Å²) < 4.78 is 18.9. The number of furan rings is 1. The van der Waals surface area contributed by atoms with Gasteiger partial charge >= 0.3 is 0 Å². The molecular weight excluding hydrogens is 426 g/mol. The van der Waals surface area contributed by atoms with Crippen LogP contribution in [-0.4, -0.2) is 10.1 Å². The lowest BCUT2D eigenvalue weighted by Gasteiger charge is -2.05. The highest BCUT2D eigenvalue weighted by Crippen LogP contribution is 2.18. The summed E-state index contributed by atoms with van der Waals surface area (Å²) in [6.45, 7) is 2.54. The zero-order valence-corrected chi connectivity index (χ0v) is 17.3. The lowest BCUT2D eigenvalue weighted by Crippen LogP contribution is -2.22. The first-order valence-corrected chi connectivity index (χ1v) is 10.7. The van der Waals surface area contributed by atoms with Crippen LogP contribution in [0.3, 0.4) is 0 Å². The molecule has 0 aliphatic rings. The topological polar surface area (TPSA) is 59.3 Å². The molecule has 140 valence electrons. The molecule has 4 nitrogen and oxygen atoms in total. The van der Waals surface area contributed by atoms with E-state index < -0.39 is 10.8 Å². The Morgan fingerprint density at radius 1 is 1.00 bits per heavy atom. The van der Waals surface area contributed by atoms with Crippen molar-refractivity contribution in [3.63, 3.8) is 0 Å². The van der Waals surface area contributed by atoms with Crippen LogP contribution in [0, 0.1) is 0 Å². The molecule has 0 aliphatic carbocycles. The quantitative estimate of drug-likeness (QED) is 0.565. The molecule has 0 fully saturated rings. The van der Waals surface area contributed by atoms with E-state index in [1.165, 1.54) is 5.56 Å². The van der Waals surface area contributed by atoms with Crippen LogP contribution in [0.4, 0.5) is 0 Å². The molecule has 0 radical (unpaired) electrons. The number of rotatable bonds is 7. The lowest BCUT2D eigenvalue weighted by molar-refractivity contribution is 0.0921. The van der Waals surface area contributed by atoms with Crippen molar-refractivity contribution in [3.8, 4) is 0 Å². The van der Waals surface area contributed by atoms with Gasteiger partial charge in [-0.3, -0.25) is 9.00 Å². The van der Waals surface area contributed by atoms with E-state index in [-0.39, 0.29) is 17.4 Å². The van der Waals surface area contributed by atoms with Crippen molar-refractivity contribution in [3.05, 3.63) is 87.8 Å². The van der Waals surface area contributed by atoms with Crippen LogP contribution >= 0.6 is 15.9 Å². The number of hydrogen-bond acceptors (Lipinski definition) is 3. The second-order valence-corrected chi connectivity index (χ2v) is 8.43. The van der Waals surface area contributed by atoms with Gasteiger partial charge in [-0.25, -0.2) is 0 Å². The van der Waals surface area contributed by atoms with Crippen molar-refractivity contribution in [1.82, 2.24) is 5.32 Å². The number of nitrogens with one attached hydrogen (secondary N) is 1. The molecule has 27 heavy (non-hydrogen) atoms. The zero-order chi connectivity index (χ0) is 19.2. The van der Waals surface area contributed by atoms with Crippen molar-refractivity contribution in [1.29, 1.82) is 0 Å². The summed E-state index contributed by atoms with van der Waals surface area (Å²) in [5.74, 6) is 0.694. The number of benzene rings is 2. The molecule has 1 amide bonds. The van der Waals surface area contributed by atoms with Crippen LogP contribution in [0.15, 0.2) is 74.4 Å². The van der Waals surface area contributed by atoms with E-state index >= 15 is 0 Å². The van der Waals surface area contributed by atoms with E-state index in [2.05, 4.69) is 40.3 Å². The molecule has 2 aromatic carbocycles. The van der Waals surface area contributed by atoms with E-state index in [1.807, 2.05) is 24.3 Å². The second kappa shape index (κ2) is 9.15. The second-order valence-electron chi connectivity index (χ2n) is 6.06. The van der Waals surface area contributed by atoms with Gasteiger partial charge in [0.05, 0.1) is 16.6 Å². The molecule has 1 atom stereocenters. The standard InChI is InChI=1S/C21H20BrNO3S/c1-2-15-3-5-16(6-4-15)13-23-21(24)20-12-9-18(26-20)14-27(25)19-10-7-17(22)8-11-19/h3-12H,2,13-14H2,1H3,(H,23,24)/t27-/m0/s1.